The maximum atomic E-state index is 13.0. The third-order valence-corrected chi connectivity index (χ3v) is 8.11. The third-order valence-electron chi connectivity index (χ3n) is 5.34. The zero-order valence-electron chi connectivity index (χ0n) is 17.4. The van der Waals surface area contributed by atoms with E-state index in [4.69, 9.17) is 4.74 Å². The molecule has 166 valence electrons. The predicted octanol–water partition coefficient (Wildman–Crippen LogP) is 2.39. The molecule has 0 bridgehead atoms. The number of hydrogen-bond acceptors (Lipinski definition) is 6. The van der Waals surface area contributed by atoms with Gasteiger partial charge in [-0.3, -0.25) is 4.79 Å². The molecule has 4 rings (SSSR count). The van der Waals surface area contributed by atoms with E-state index in [1.54, 1.807) is 29.5 Å². The van der Waals surface area contributed by atoms with Gasteiger partial charge in [0.2, 0.25) is 15.9 Å². The normalized spacial score (nSPS) is 15.4. The van der Waals surface area contributed by atoms with Crippen molar-refractivity contribution in [3.63, 3.8) is 0 Å². The van der Waals surface area contributed by atoms with Gasteiger partial charge >= 0.3 is 0 Å². The van der Waals surface area contributed by atoms with E-state index >= 15 is 0 Å². The number of rotatable bonds is 8. The lowest BCUT2D eigenvalue weighted by atomic mass is 10.2. The zero-order valence-corrected chi connectivity index (χ0v) is 19.0. The summed E-state index contributed by atoms with van der Waals surface area (Å²) in [6.45, 7) is 4.77. The summed E-state index contributed by atoms with van der Waals surface area (Å²) in [5, 5.41) is 4.92. The van der Waals surface area contributed by atoms with E-state index in [1.807, 2.05) is 29.0 Å². The molecule has 0 radical (unpaired) electrons. The Kier molecular flexibility index (Phi) is 6.71. The van der Waals surface area contributed by atoms with E-state index in [0.717, 1.165) is 16.2 Å². The maximum Gasteiger partial charge on any atom is 0.243 e. The van der Waals surface area contributed by atoms with Crippen molar-refractivity contribution in [3.8, 4) is 0 Å². The minimum atomic E-state index is -3.58. The van der Waals surface area contributed by atoms with Crippen LogP contribution in [-0.2, 0) is 39.1 Å². The first kappa shape index (κ1) is 21.9. The fraction of sp³-hybridized carbons (Fsp3) is 0.429. The molecule has 1 fully saturated rings. The Hall–Kier alpha value is -2.27. The van der Waals surface area contributed by atoms with Crippen LogP contribution < -0.4 is 5.32 Å². The van der Waals surface area contributed by atoms with Crippen molar-refractivity contribution in [1.82, 2.24) is 19.2 Å². The number of ether oxygens (including phenoxy) is 1. The number of morpholine rings is 1. The third kappa shape index (κ3) is 4.82. The summed E-state index contributed by atoms with van der Waals surface area (Å²) in [5.41, 5.74) is 1.50. The van der Waals surface area contributed by atoms with Gasteiger partial charge in [-0.05, 0) is 36.6 Å². The Labute approximate surface area is 185 Å². The molecule has 0 saturated carbocycles. The standard InChI is InChI=1S/C21H26N4O4S2/c1-2-25-19-6-5-17(31(27,28)24-9-11-29-12-10-24)14-18(19)23-20(25)7-8-21(26)22-15-16-4-3-13-30-16/h3-6,13-14H,2,7-12,15H2,1H3,(H,22,26). The van der Waals surface area contributed by atoms with Crippen LogP contribution in [0.15, 0.2) is 40.6 Å². The molecule has 1 aromatic carbocycles. The van der Waals surface area contributed by atoms with Crippen molar-refractivity contribution in [2.45, 2.75) is 37.8 Å². The average molecular weight is 463 g/mol. The first-order valence-corrected chi connectivity index (χ1v) is 12.7. The number of amides is 1. The van der Waals surface area contributed by atoms with E-state index in [-0.39, 0.29) is 10.8 Å². The summed E-state index contributed by atoms with van der Waals surface area (Å²) in [6.07, 6.45) is 0.817. The molecule has 1 saturated heterocycles. The molecular formula is C21H26N4O4S2. The number of imidazole rings is 1. The van der Waals surface area contributed by atoms with Crippen molar-refractivity contribution in [3.05, 3.63) is 46.4 Å². The summed E-state index contributed by atoms with van der Waals surface area (Å²) in [5.74, 6) is 0.753. The lowest BCUT2D eigenvalue weighted by molar-refractivity contribution is -0.121. The Morgan fingerprint density at radius 1 is 1.26 bits per heavy atom. The largest absolute Gasteiger partial charge is 0.379 e. The average Bonchev–Trinajstić information content (AvgIpc) is 3.43. The van der Waals surface area contributed by atoms with E-state index in [2.05, 4.69) is 10.3 Å². The van der Waals surface area contributed by atoms with Crippen LogP contribution in [-0.4, -0.2) is 54.5 Å². The number of carbonyl (C=O) groups excluding carboxylic acids is 1. The van der Waals surface area contributed by atoms with Gasteiger partial charge in [0.25, 0.3) is 0 Å². The van der Waals surface area contributed by atoms with Crippen LogP contribution in [0.4, 0.5) is 0 Å². The lowest BCUT2D eigenvalue weighted by Gasteiger charge is -2.26. The number of sulfonamides is 1. The first-order valence-electron chi connectivity index (χ1n) is 10.3. The van der Waals surface area contributed by atoms with Crippen LogP contribution in [0, 0.1) is 0 Å². The van der Waals surface area contributed by atoms with Gasteiger partial charge in [-0.15, -0.1) is 11.3 Å². The smallest absolute Gasteiger partial charge is 0.243 e. The summed E-state index contributed by atoms with van der Waals surface area (Å²) in [6, 6.07) is 9.03. The Balaban J connectivity index is 1.49. The fourth-order valence-corrected chi connectivity index (χ4v) is 5.79. The minimum Gasteiger partial charge on any atom is -0.379 e. The van der Waals surface area contributed by atoms with E-state index in [9.17, 15) is 13.2 Å². The van der Waals surface area contributed by atoms with E-state index < -0.39 is 10.0 Å². The SMILES string of the molecule is CCn1c(CCC(=O)NCc2cccs2)nc2cc(S(=O)(=O)N3CCOCC3)ccc21. The molecule has 1 aliphatic heterocycles. The number of aromatic nitrogens is 2. The van der Waals surface area contributed by atoms with Crippen LogP contribution in [0.3, 0.4) is 0 Å². The summed E-state index contributed by atoms with van der Waals surface area (Å²) >= 11 is 1.61. The molecule has 2 aromatic heterocycles. The molecule has 8 nitrogen and oxygen atoms in total. The molecule has 3 heterocycles. The van der Waals surface area contributed by atoms with Gasteiger partial charge in [0.05, 0.1) is 35.7 Å². The topological polar surface area (TPSA) is 93.5 Å². The Morgan fingerprint density at radius 2 is 2.06 bits per heavy atom. The van der Waals surface area contributed by atoms with Crippen molar-refractivity contribution < 1.29 is 17.9 Å². The van der Waals surface area contributed by atoms with Gasteiger partial charge in [-0.2, -0.15) is 4.31 Å². The first-order chi connectivity index (χ1) is 15.0. The lowest BCUT2D eigenvalue weighted by Crippen LogP contribution is -2.40. The van der Waals surface area contributed by atoms with Crippen LogP contribution >= 0.6 is 11.3 Å². The molecule has 0 unspecified atom stereocenters. The fourth-order valence-electron chi connectivity index (χ4n) is 3.71. The number of nitrogens with one attached hydrogen (secondary N) is 1. The van der Waals surface area contributed by atoms with Gasteiger partial charge in [0.1, 0.15) is 5.82 Å². The minimum absolute atomic E-state index is 0.0290. The number of nitrogens with zero attached hydrogens (tertiary/aromatic N) is 3. The molecule has 31 heavy (non-hydrogen) atoms. The highest BCUT2D eigenvalue weighted by Gasteiger charge is 2.27. The highest BCUT2D eigenvalue weighted by molar-refractivity contribution is 7.89. The second-order valence-electron chi connectivity index (χ2n) is 7.30. The van der Waals surface area contributed by atoms with Gasteiger partial charge in [0, 0.05) is 37.4 Å². The van der Waals surface area contributed by atoms with Crippen molar-refractivity contribution in [2.24, 2.45) is 0 Å². The van der Waals surface area contributed by atoms with E-state index in [0.29, 0.717) is 57.8 Å². The number of benzene rings is 1. The molecule has 1 N–H and O–H groups in total. The number of carbonyl (C=O) groups is 1. The van der Waals surface area contributed by atoms with Crippen LogP contribution in [0.25, 0.3) is 11.0 Å². The maximum absolute atomic E-state index is 13.0. The van der Waals surface area contributed by atoms with Crippen molar-refractivity contribution in [1.29, 1.82) is 0 Å². The second-order valence-corrected chi connectivity index (χ2v) is 10.3. The molecule has 1 aliphatic rings. The molecule has 0 aliphatic carbocycles. The van der Waals surface area contributed by atoms with Crippen LogP contribution in [0.2, 0.25) is 0 Å². The number of fused-ring (bicyclic) bond motifs is 1. The number of thiophene rings is 1. The number of hydrogen-bond donors (Lipinski definition) is 1. The Bertz CT molecular complexity index is 1150. The number of aryl methyl sites for hydroxylation is 2. The molecule has 1 amide bonds. The van der Waals surface area contributed by atoms with Crippen LogP contribution in [0.1, 0.15) is 24.0 Å². The molecule has 3 aromatic rings. The Morgan fingerprint density at radius 3 is 2.77 bits per heavy atom. The zero-order chi connectivity index (χ0) is 21.8. The molecule has 0 atom stereocenters. The van der Waals surface area contributed by atoms with Gasteiger partial charge in [-0.25, -0.2) is 13.4 Å². The summed E-state index contributed by atoms with van der Waals surface area (Å²) < 4.78 is 34.7. The molecule has 10 heteroatoms. The van der Waals surface area contributed by atoms with Crippen molar-refractivity contribution in [2.75, 3.05) is 26.3 Å². The monoisotopic (exact) mass is 462 g/mol. The molecular weight excluding hydrogens is 436 g/mol. The van der Waals surface area contributed by atoms with E-state index in [1.165, 1.54) is 4.31 Å². The summed E-state index contributed by atoms with van der Waals surface area (Å²) in [7, 11) is -3.58. The quantitative estimate of drug-likeness (QED) is 0.555. The van der Waals surface area contributed by atoms with Gasteiger partial charge in [0.15, 0.2) is 0 Å². The molecule has 0 spiro atoms. The van der Waals surface area contributed by atoms with Gasteiger partial charge < -0.3 is 14.6 Å². The second kappa shape index (κ2) is 9.47. The highest BCUT2D eigenvalue weighted by atomic mass is 32.2. The highest BCUT2D eigenvalue weighted by Crippen LogP contribution is 2.24. The van der Waals surface area contributed by atoms with Crippen molar-refractivity contribution >= 4 is 38.3 Å². The van der Waals surface area contributed by atoms with Gasteiger partial charge in [-0.1, -0.05) is 6.07 Å². The predicted molar refractivity (Wildman–Crippen MR) is 119 cm³/mol. The summed E-state index contributed by atoms with van der Waals surface area (Å²) in [4.78, 5) is 18.3. The van der Waals surface area contributed by atoms with Crippen LogP contribution in [0.5, 0.6) is 0 Å².